The fraction of sp³-hybridized carbons (Fsp3) is 0.600. The first-order valence-electron chi connectivity index (χ1n) is 9.30. The summed E-state index contributed by atoms with van der Waals surface area (Å²) in [6.07, 6.45) is 4.87. The molecule has 1 aromatic carbocycles. The van der Waals surface area contributed by atoms with Crippen molar-refractivity contribution >= 4 is 11.9 Å². The average molecular weight is 345 g/mol. The molecule has 1 fully saturated rings. The normalized spacial score (nSPS) is 17.8. The molecule has 2 unspecified atom stereocenters. The van der Waals surface area contributed by atoms with Crippen molar-refractivity contribution in [2.75, 3.05) is 20.6 Å². The smallest absolute Gasteiger partial charge is 0.243 e. The second-order valence-electron chi connectivity index (χ2n) is 7.21. The molecule has 1 aliphatic rings. The molecule has 25 heavy (non-hydrogen) atoms. The van der Waals surface area contributed by atoms with Gasteiger partial charge < -0.3 is 15.5 Å². The van der Waals surface area contributed by atoms with Crippen molar-refractivity contribution in [3.05, 3.63) is 35.9 Å². The maximum atomic E-state index is 11.9. The number of carbonyl (C=O) groups excluding carboxylic acids is 1. The van der Waals surface area contributed by atoms with Crippen LogP contribution in [0.1, 0.15) is 51.0 Å². The maximum Gasteiger partial charge on any atom is 0.243 e. The van der Waals surface area contributed by atoms with Crippen LogP contribution in [0.15, 0.2) is 35.3 Å². The molecule has 1 amide bonds. The topological polar surface area (TPSA) is 56.7 Å². The van der Waals surface area contributed by atoms with E-state index in [0.717, 1.165) is 5.96 Å². The van der Waals surface area contributed by atoms with Gasteiger partial charge >= 0.3 is 0 Å². The molecule has 2 N–H and O–H groups in total. The van der Waals surface area contributed by atoms with Crippen molar-refractivity contribution in [1.29, 1.82) is 0 Å². The summed E-state index contributed by atoms with van der Waals surface area (Å²) in [5.41, 5.74) is 1.30. The molecule has 5 nitrogen and oxygen atoms in total. The zero-order valence-electron chi connectivity index (χ0n) is 16.0. The Morgan fingerprint density at radius 3 is 2.44 bits per heavy atom. The van der Waals surface area contributed by atoms with Gasteiger partial charge in [0.15, 0.2) is 5.96 Å². The zero-order valence-corrected chi connectivity index (χ0v) is 16.0. The Morgan fingerprint density at radius 1 is 1.20 bits per heavy atom. The van der Waals surface area contributed by atoms with E-state index in [1.807, 2.05) is 6.07 Å². The van der Waals surface area contributed by atoms with E-state index < -0.39 is 0 Å². The third-order valence-corrected chi connectivity index (χ3v) is 5.01. The highest BCUT2D eigenvalue weighted by Gasteiger charge is 2.20. The minimum Gasteiger partial charge on any atom is -0.354 e. The largest absolute Gasteiger partial charge is 0.354 e. The predicted molar refractivity (Wildman–Crippen MR) is 104 cm³/mol. The molecular formula is C20H32N4O. The van der Waals surface area contributed by atoms with Gasteiger partial charge in [0.05, 0.1) is 0 Å². The van der Waals surface area contributed by atoms with Gasteiger partial charge in [-0.25, -0.2) is 4.99 Å². The molecule has 0 radical (unpaired) electrons. The van der Waals surface area contributed by atoms with Crippen LogP contribution in [0.25, 0.3) is 0 Å². The van der Waals surface area contributed by atoms with Gasteiger partial charge in [0.25, 0.3) is 0 Å². The fourth-order valence-electron chi connectivity index (χ4n) is 3.07. The molecule has 138 valence electrons. The predicted octanol–water partition coefficient (Wildman–Crippen LogP) is 2.74. The van der Waals surface area contributed by atoms with Gasteiger partial charge in [0.2, 0.25) is 5.91 Å². The van der Waals surface area contributed by atoms with Gasteiger partial charge in [-0.05, 0) is 25.3 Å². The van der Waals surface area contributed by atoms with Crippen LogP contribution in [0.3, 0.4) is 0 Å². The quantitative estimate of drug-likeness (QED) is 0.616. The number of nitrogens with one attached hydrogen (secondary N) is 2. The standard InChI is InChI=1S/C20H32N4O/c1-15(17-10-6-5-7-11-17)16(2)22-20(21-14-19(25)24(3)4)23-18-12-8-9-13-18/h5-7,10-11,15-16,18H,8-9,12-14H2,1-4H3,(H2,21,22,23). The Hall–Kier alpha value is -2.04. The van der Waals surface area contributed by atoms with Crippen LogP contribution in [0, 0.1) is 0 Å². The van der Waals surface area contributed by atoms with E-state index in [9.17, 15) is 4.79 Å². The Balaban J connectivity index is 2.02. The van der Waals surface area contributed by atoms with Crippen molar-refractivity contribution in [2.45, 2.75) is 57.5 Å². The summed E-state index contributed by atoms with van der Waals surface area (Å²) < 4.78 is 0. The highest BCUT2D eigenvalue weighted by Crippen LogP contribution is 2.19. The lowest BCUT2D eigenvalue weighted by Gasteiger charge is -2.26. The van der Waals surface area contributed by atoms with E-state index in [1.54, 1.807) is 19.0 Å². The lowest BCUT2D eigenvalue weighted by atomic mass is 9.94. The van der Waals surface area contributed by atoms with E-state index in [0.29, 0.717) is 12.0 Å². The summed E-state index contributed by atoms with van der Waals surface area (Å²) in [5, 5.41) is 7.02. The summed E-state index contributed by atoms with van der Waals surface area (Å²) >= 11 is 0. The number of amides is 1. The summed E-state index contributed by atoms with van der Waals surface area (Å²) in [7, 11) is 3.52. The van der Waals surface area contributed by atoms with E-state index >= 15 is 0 Å². The average Bonchev–Trinajstić information content (AvgIpc) is 3.12. The number of guanidine groups is 1. The SMILES string of the molecule is CC(NC(=NCC(=O)N(C)C)NC1CCCC1)C(C)c1ccccc1. The van der Waals surface area contributed by atoms with Crippen LogP contribution in [-0.4, -0.2) is 49.5 Å². The summed E-state index contributed by atoms with van der Waals surface area (Å²) in [6, 6.07) is 11.2. The molecular weight excluding hydrogens is 312 g/mol. The van der Waals surface area contributed by atoms with Crippen molar-refractivity contribution in [3.8, 4) is 0 Å². The summed E-state index contributed by atoms with van der Waals surface area (Å²) in [6.45, 7) is 4.55. The number of benzene rings is 1. The highest BCUT2D eigenvalue weighted by molar-refractivity contribution is 5.85. The van der Waals surface area contributed by atoms with Crippen LogP contribution in [0.4, 0.5) is 0 Å². The molecule has 0 bridgehead atoms. The van der Waals surface area contributed by atoms with Crippen molar-refractivity contribution in [3.63, 3.8) is 0 Å². The van der Waals surface area contributed by atoms with Crippen LogP contribution in [-0.2, 0) is 4.79 Å². The second-order valence-corrected chi connectivity index (χ2v) is 7.21. The van der Waals surface area contributed by atoms with E-state index in [1.165, 1.54) is 31.2 Å². The Kier molecular flexibility index (Phi) is 7.29. The highest BCUT2D eigenvalue weighted by atomic mass is 16.2. The van der Waals surface area contributed by atoms with E-state index in [4.69, 9.17) is 0 Å². The second kappa shape index (κ2) is 9.44. The first-order chi connectivity index (χ1) is 12.0. The molecule has 1 aliphatic carbocycles. The number of aliphatic imine (C=N–C) groups is 1. The van der Waals surface area contributed by atoms with E-state index in [2.05, 4.69) is 53.7 Å². The molecule has 0 heterocycles. The molecule has 2 atom stereocenters. The van der Waals surface area contributed by atoms with Crippen LogP contribution in [0.5, 0.6) is 0 Å². The van der Waals surface area contributed by atoms with Gasteiger partial charge in [0, 0.05) is 32.1 Å². The molecule has 0 spiro atoms. The monoisotopic (exact) mass is 344 g/mol. The zero-order chi connectivity index (χ0) is 18.2. The molecule has 2 rings (SSSR count). The lowest BCUT2D eigenvalue weighted by molar-refractivity contribution is -0.127. The number of carbonyl (C=O) groups is 1. The minimum atomic E-state index is 0.0104. The van der Waals surface area contributed by atoms with Crippen molar-refractivity contribution in [1.82, 2.24) is 15.5 Å². The van der Waals surface area contributed by atoms with Gasteiger partial charge in [-0.3, -0.25) is 4.79 Å². The van der Waals surface area contributed by atoms with Crippen molar-refractivity contribution < 1.29 is 4.79 Å². The number of rotatable bonds is 6. The Morgan fingerprint density at radius 2 is 1.84 bits per heavy atom. The third-order valence-electron chi connectivity index (χ3n) is 5.01. The van der Waals surface area contributed by atoms with Crippen LogP contribution < -0.4 is 10.6 Å². The number of hydrogen-bond acceptors (Lipinski definition) is 2. The first kappa shape index (κ1) is 19.3. The number of likely N-dealkylation sites (N-methyl/N-ethyl adjacent to an activating group) is 1. The maximum absolute atomic E-state index is 11.9. The van der Waals surface area contributed by atoms with Gasteiger partial charge in [-0.2, -0.15) is 0 Å². The third kappa shape index (κ3) is 6.07. The fourth-order valence-corrected chi connectivity index (χ4v) is 3.07. The molecule has 0 aromatic heterocycles. The Labute approximate surface area is 151 Å². The molecule has 1 saturated carbocycles. The first-order valence-corrected chi connectivity index (χ1v) is 9.30. The summed E-state index contributed by atoms with van der Waals surface area (Å²) in [4.78, 5) is 18.0. The molecule has 1 aromatic rings. The van der Waals surface area contributed by atoms with Gasteiger partial charge in [-0.15, -0.1) is 0 Å². The lowest BCUT2D eigenvalue weighted by Crippen LogP contribution is -2.47. The van der Waals surface area contributed by atoms with Crippen molar-refractivity contribution in [2.24, 2.45) is 4.99 Å². The van der Waals surface area contributed by atoms with Crippen LogP contribution in [0.2, 0.25) is 0 Å². The Bertz CT molecular complexity index is 564. The summed E-state index contributed by atoms with van der Waals surface area (Å²) in [5.74, 6) is 1.11. The molecule has 0 aliphatic heterocycles. The van der Waals surface area contributed by atoms with Gasteiger partial charge in [0.1, 0.15) is 6.54 Å². The minimum absolute atomic E-state index is 0.0104. The molecule has 5 heteroatoms. The van der Waals surface area contributed by atoms with E-state index in [-0.39, 0.29) is 18.5 Å². The van der Waals surface area contributed by atoms with Gasteiger partial charge in [-0.1, -0.05) is 50.1 Å². The molecule has 0 saturated heterocycles. The number of nitrogens with zero attached hydrogens (tertiary/aromatic N) is 2. The van der Waals surface area contributed by atoms with Crippen LogP contribution >= 0.6 is 0 Å². The number of hydrogen-bond donors (Lipinski definition) is 2.